The summed E-state index contributed by atoms with van der Waals surface area (Å²) in [5.74, 6) is -0.761. The van der Waals surface area contributed by atoms with Crippen molar-refractivity contribution in [3.63, 3.8) is 0 Å². The number of halogens is 4. The lowest BCUT2D eigenvalue weighted by Crippen LogP contribution is -2.59. The Morgan fingerprint density at radius 2 is 1.82 bits per heavy atom. The zero-order valence-corrected chi connectivity index (χ0v) is 17.7. The van der Waals surface area contributed by atoms with Crippen LogP contribution >= 0.6 is 0 Å². The van der Waals surface area contributed by atoms with Crippen molar-refractivity contribution in [3.8, 4) is 17.3 Å². The van der Waals surface area contributed by atoms with Gasteiger partial charge >= 0.3 is 6.18 Å². The average molecular weight is 473 g/mol. The number of carbonyl (C=O) groups excluding carboxylic acids is 1. The van der Waals surface area contributed by atoms with Crippen LogP contribution in [0.15, 0.2) is 49.1 Å². The Hall–Kier alpha value is -3.63. The minimum absolute atomic E-state index is 0.0284. The first-order valence-electron chi connectivity index (χ1n) is 10.7. The minimum Gasteiger partial charge on any atom is -0.471 e. The summed E-state index contributed by atoms with van der Waals surface area (Å²) >= 11 is 0. The maximum atomic E-state index is 14.8. The van der Waals surface area contributed by atoms with Crippen LogP contribution in [-0.2, 0) is 6.18 Å². The predicted molar refractivity (Wildman–Crippen MR) is 111 cm³/mol. The molecule has 0 unspecified atom stereocenters. The molecule has 2 aliphatic heterocycles. The summed E-state index contributed by atoms with van der Waals surface area (Å²) in [6.45, 7) is 0.480. The lowest BCUT2D eigenvalue weighted by molar-refractivity contribution is -0.141. The Balaban J connectivity index is 1.40. The van der Waals surface area contributed by atoms with Gasteiger partial charge in [-0.3, -0.25) is 4.79 Å². The number of fused-ring (bicyclic) bond motifs is 3. The molecular formula is C23H19F4N5O2. The standard InChI is InChI=1S/C23H19F4N5O2/c24-15-4-1-3-14(20(15)21-28-7-2-8-29-21)22(33)32-12-13-5-6-16(32)17(9-13)34-19-11-30-18(10-31-19)23(25,26)27/h1-4,7-8,10-11,13,16-17H,5-6,9,12H2/t13-,16-,17+/m0/s1. The predicted octanol–water partition coefficient (Wildman–Crippen LogP) is 4.16. The fraction of sp³-hybridized carbons (Fsp3) is 0.348. The summed E-state index contributed by atoms with van der Waals surface area (Å²) in [6, 6.07) is 5.51. The fourth-order valence-corrected chi connectivity index (χ4v) is 4.68. The van der Waals surface area contributed by atoms with E-state index in [1.807, 2.05) is 0 Å². The number of piperidine rings is 2. The third kappa shape index (κ3) is 4.17. The SMILES string of the molecule is O=C(c1cccc(F)c1-c1ncccn1)N1C[C@H]2CC[C@H]1[C@H](Oc1cnc(C(F)(F)F)cn1)C2. The largest absolute Gasteiger partial charge is 0.471 e. The van der Waals surface area contributed by atoms with Crippen molar-refractivity contribution in [2.75, 3.05) is 6.54 Å². The van der Waals surface area contributed by atoms with Gasteiger partial charge in [-0.25, -0.2) is 24.3 Å². The Bertz CT molecular complexity index is 1190. The molecule has 1 amide bonds. The first-order chi connectivity index (χ1) is 16.3. The first-order valence-corrected chi connectivity index (χ1v) is 10.7. The molecule has 1 aromatic carbocycles. The van der Waals surface area contributed by atoms with Crippen LogP contribution in [0, 0.1) is 11.7 Å². The van der Waals surface area contributed by atoms with Crippen LogP contribution in [0.25, 0.3) is 11.4 Å². The maximum absolute atomic E-state index is 14.8. The van der Waals surface area contributed by atoms with E-state index in [1.165, 1.54) is 30.6 Å². The van der Waals surface area contributed by atoms with Gasteiger partial charge in [0.1, 0.15) is 11.9 Å². The maximum Gasteiger partial charge on any atom is 0.434 e. The van der Waals surface area contributed by atoms with Gasteiger partial charge in [0.2, 0.25) is 5.88 Å². The first kappa shape index (κ1) is 22.2. The second-order valence-corrected chi connectivity index (χ2v) is 8.33. The van der Waals surface area contributed by atoms with Gasteiger partial charge in [0.05, 0.1) is 29.6 Å². The van der Waals surface area contributed by atoms with Gasteiger partial charge in [0.25, 0.3) is 5.91 Å². The molecule has 1 aliphatic carbocycles. The number of hydrogen-bond donors (Lipinski definition) is 0. The van der Waals surface area contributed by atoms with Crippen LogP contribution in [0.3, 0.4) is 0 Å². The molecule has 0 spiro atoms. The van der Waals surface area contributed by atoms with E-state index in [-0.39, 0.29) is 40.7 Å². The van der Waals surface area contributed by atoms with Crippen LogP contribution < -0.4 is 4.74 Å². The second kappa shape index (κ2) is 8.62. The molecule has 2 saturated heterocycles. The number of amides is 1. The van der Waals surface area contributed by atoms with Gasteiger partial charge in [-0.05, 0) is 43.4 Å². The Morgan fingerprint density at radius 1 is 1.03 bits per heavy atom. The van der Waals surface area contributed by atoms with Gasteiger partial charge in [-0.1, -0.05) is 6.07 Å². The Morgan fingerprint density at radius 3 is 2.50 bits per heavy atom. The summed E-state index contributed by atoms with van der Waals surface area (Å²) in [5.41, 5.74) is -0.934. The molecule has 3 aromatic rings. The van der Waals surface area contributed by atoms with Crippen molar-refractivity contribution in [3.05, 3.63) is 66.1 Å². The molecule has 1 saturated carbocycles. The van der Waals surface area contributed by atoms with E-state index in [9.17, 15) is 22.4 Å². The van der Waals surface area contributed by atoms with E-state index in [4.69, 9.17) is 4.74 Å². The van der Waals surface area contributed by atoms with Gasteiger partial charge in [-0.2, -0.15) is 13.2 Å². The van der Waals surface area contributed by atoms with Crippen LogP contribution in [0.4, 0.5) is 17.6 Å². The lowest BCUT2D eigenvalue weighted by Gasteiger charge is -2.49. The van der Waals surface area contributed by atoms with Crippen LogP contribution in [-0.4, -0.2) is 49.4 Å². The van der Waals surface area contributed by atoms with Crippen molar-refractivity contribution in [1.29, 1.82) is 0 Å². The van der Waals surface area contributed by atoms with Crippen LogP contribution in [0.1, 0.15) is 35.3 Å². The van der Waals surface area contributed by atoms with Crippen molar-refractivity contribution < 1.29 is 27.1 Å². The van der Waals surface area contributed by atoms with Gasteiger partial charge < -0.3 is 9.64 Å². The summed E-state index contributed by atoms with van der Waals surface area (Å²) < 4.78 is 58.9. The van der Waals surface area contributed by atoms with Crippen molar-refractivity contribution in [1.82, 2.24) is 24.8 Å². The molecular weight excluding hydrogens is 454 g/mol. The van der Waals surface area contributed by atoms with Gasteiger partial charge in [0, 0.05) is 18.9 Å². The number of benzene rings is 1. The highest BCUT2D eigenvalue weighted by molar-refractivity contribution is 6.00. The summed E-state index contributed by atoms with van der Waals surface area (Å²) in [5, 5.41) is 0. The Labute approximate surface area is 191 Å². The zero-order valence-electron chi connectivity index (χ0n) is 17.7. The van der Waals surface area contributed by atoms with Crippen molar-refractivity contribution >= 4 is 5.91 Å². The van der Waals surface area contributed by atoms with Crippen LogP contribution in [0.5, 0.6) is 5.88 Å². The molecule has 0 N–H and O–H groups in total. The van der Waals surface area contributed by atoms with E-state index in [0.29, 0.717) is 25.6 Å². The van der Waals surface area contributed by atoms with E-state index in [2.05, 4.69) is 19.9 Å². The molecule has 3 fully saturated rings. The minimum atomic E-state index is -4.59. The average Bonchev–Trinajstić information content (AvgIpc) is 2.84. The molecule has 2 bridgehead atoms. The molecule has 6 rings (SSSR count). The summed E-state index contributed by atoms with van der Waals surface area (Å²) in [6.07, 6.45) is 1.63. The highest BCUT2D eigenvalue weighted by atomic mass is 19.4. The van der Waals surface area contributed by atoms with Crippen molar-refractivity contribution in [2.45, 2.75) is 37.6 Å². The molecule has 34 heavy (non-hydrogen) atoms. The monoisotopic (exact) mass is 473 g/mol. The number of carbonyl (C=O) groups is 1. The van der Waals surface area contributed by atoms with E-state index in [0.717, 1.165) is 12.6 Å². The Kier molecular flexibility index (Phi) is 5.62. The topological polar surface area (TPSA) is 81.1 Å². The second-order valence-electron chi connectivity index (χ2n) is 8.33. The third-order valence-electron chi connectivity index (χ3n) is 6.21. The summed E-state index contributed by atoms with van der Waals surface area (Å²) in [4.78, 5) is 30.6. The lowest BCUT2D eigenvalue weighted by atomic mass is 9.77. The number of ether oxygens (including phenoxy) is 1. The molecule has 176 valence electrons. The highest BCUT2D eigenvalue weighted by Gasteiger charge is 2.45. The number of hydrogen-bond acceptors (Lipinski definition) is 6. The summed E-state index contributed by atoms with van der Waals surface area (Å²) in [7, 11) is 0. The highest BCUT2D eigenvalue weighted by Crippen LogP contribution is 2.39. The van der Waals surface area contributed by atoms with E-state index in [1.54, 1.807) is 11.0 Å². The fourth-order valence-electron chi connectivity index (χ4n) is 4.68. The molecule has 4 heterocycles. The van der Waals surface area contributed by atoms with Crippen molar-refractivity contribution in [2.24, 2.45) is 5.92 Å². The van der Waals surface area contributed by atoms with E-state index < -0.39 is 23.8 Å². The number of alkyl halides is 3. The van der Waals surface area contributed by atoms with E-state index >= 15 is 0 Å². The number of nitrogens with zero attached hydrogens (tertiary/aromatic N) is 5. The molecule has 0 radical (unpaired) electrons. The van der Waals surface area contributed by atoms with Gasteiger partial charge in [-0.15, -0.1) is 0 Å². The third-order valence-corrected chi connectivity index (χ3v) is 6.21. The molecule has 2 aromatic heterocycles. The number of rotatable bonds is 4. The molecule has 7 nitrogen and oxygen atoms in total. The number of aromatic nitrogens is 4. The van der Waals surface area contributed by atoms with Crippen LogP contribution in [0.2, 0.25) is 0 Å². The molecule has 3 atom stereocenters. The smallest absolute Gasteiger partial charge is 0.434 e. The normalized spacial score (nSPS) is 22.0. The molecule has 11 heteroatoms. The van der Waals surface area contributed by atoms with Gasteiger partial charge in [0.15, 0.2) is 11.5 Å². The zero-order chi connectivity index (χ0) is 23.9. The molecule has 3 aliphatic rings. The quantitative estimate of drug-likeness (QED) is 0.530.